The lowest BCUT2D eigenvalue weighted by Gasteiger charge is -2.41. The van der Waals surface area contributed by atoms with E-state index in [1.807, 2.05) is 0 Å². The molecule has 0 amide bonds. The second kappa shape index (κ2) is 3.14. The standard InChI is InChI=1S/C10H23N/c1-8(2)11-10(6,7)9(3,4)5/h8,11H,1-7H3. The lowest BCUT2D eigenvalue weighted by molar-refractivity contribution is 0.164. The Morgan fingerprint density at radius 1 is 0.909 bits per heavy atom. The van der Waals surface area contributed by atoms with Crippen LogP contribution in [0.1, 0.15) is 48.5 Å². The second-order valence-electron chi connectivity index (χ2n) is 5.17. The lowest BCUT2D eigenvalue weighted by Crippen LogP contribution is -2.52. The molecule has 0 bridgehead atoms. The van der Waals surface area contributed by atoms with Crippen molar-refractivity contribution in [1.82, 2.24) is 5.32 Å². The van der Waals surface area contributed by atoms with Gasteiger partial charge in [-0.05, 0) is 19.3 Å². The molecular weight excluding hydrogens is 134 g/mol. The Kier molecular flexibility index (Phi) is 3.13. The van der Waals surface area contributed by atoms with Gasteiger partial charge in [0.05, 0.1) is 0 Å². The molecule has 0 atom stereocenters. The summed E-state index contributed by atoms with van der Waals surface area (Å²) in [6.45, 7) is 15.7. The van der Waals surface area contributed by atoms with Crippen molar-refractivity contribution >= 4 is 0 Å². The van der Waals surface area contributed by atoms with Crippen molar-refractivity contribution in [2.75, 3.05) is 0 Å². The maximum Gasteiger partial charge on any atom is 0.0175 e. The van der Waals surface area contributed by atoms with Crippen molar-refractivity contribution in [3.63, 3.8) is 0 Å². The van der Waals surface area contributed by atoms with E-state index < -0.39 is 0 Å². The summed E-state index contributed by atoms with van der Waals surface area (Å²) < 4.78 is 0. The molecule has 1 nitrogen and oxygen atoms in total. The first kappa shape index (κ1) is 11.0. The van der Waals surface area contributed by atoms with Gasteiger partial charge < -0.3 is 5.32 Å². The summed E-state index contributed by atoms with van der Waals surface area (Å²) in [5, 5.41) is 3.56. The van der Waals surface area contributed by atoms with Crippen LogP contribution in [0.25, 0.3) is 0 Å². The second-order valence-corrected chi connectivity index (χ2v) is 5.17. The first-order valence-electron chi connectivity index (χ1n) is 4.44. The van der Waals surface area contributed by atoms with Crippen LogP contribution >= 0.6 is 0 Å². The molecule has 0 rings (SSSR count). The molecule has 0 aromatic heterocycles. The molecule has 0 fully saturated rings. The molecular formula is C10H23N. The van der Waals surface area contributed by atoms with Crippen molar-refractivity contribution in [3.8, 4) is 0 Å². The number of hydrogen-bond donors (Lipinski definition) is 1. The molecule has 0 unspecified atom stereocenters. The Bertz CT molecular complexity index is 117. The van der Waals surface area contributed by atoms with Gasteiger partial charge in [0.15, 0.2) is 0 Å². The van der Waals surface area contributed by atoms with Crippen LogP contribution in [0.5, 0.6) is 0 Å². The van der Waals surface area contributed by atoms with Crippen molar-refractivity contribution in [2.24, 2.45) is 5.41 Å². The van der Waals surface area contributed by atoms with Crippen LogP contribution in [-0.4, -0.2) is 11.6 Å². The van der Waals surface area contributed by atoms with Crippen LogP contribution in [0.15, 0.2) is 0 Å². The molecule has 68 valence electrons. The topological polar surface area (TPSA) is 12.0 Å². The van der Waals surface area contributed by atoms with Gasteiger partial charge in [0.2, 0.25) is 0 Å². The fraction of sp³-hybridized carbons (Fsp3) is 1.00. The summed E-state index contributed by atoms with van der Waals surface area (Å²) in [6.07, 6.45) is 0. The number of rotatable bonds is 2. The maximum absolute atomic E-state index is 3.56. The Morgan fingerprint density at radius 2 is 1.27 bits per heavy atom. The van der Waals surface area contributed by atoms with E-state index in [0.29, 0.717) is 11.5 Å². The molecule has 0 aliphatic heterocycles. The molecule has 0 aromatic rings. The minimum Gasteiger partial charge on any atom is -0.309 e. The number of hydrogen-bond acceptors (Lipinski definition) is 1. The van der Waals surface area contributed by atoms with Gasteiger partial charge in [-0.15, -0.1) is 0 Å². The summed E-state index contributed by atoms with van der Waals surface area (Å²) in [7, 11) is 0. The Morgan fingerprint density at radius 3 is 1.36 bits per heavy atom. The van der Waals surface area contributed by atoms with E-state index in [4.69, 9.17) is 0 Å². The average molecular weight is 157 g/mol. The minimum atomic E-state index is 0.209. The number of nitrogens with one attached hydrogen (secondary N) is 1. The van der Waals surface area contributed by atoms with Crippen LogP contribution in [0.3, 0.4) is 0 Å². The zero-order valence-corrected chi connectivity index (χ0v) is 9.08. The van der Waals surface area contributed by atoms with Crippen LogP contribution in [0.4, 0.5) is 0 Å². The van der Waals surface area contributed by atoms with Gasteiger partial charge in [-0.1, -0.05) is 34.6 Å². The highest BCUT2D eigenvalue weighted by Crippen LogP contribution is 2.29. The minimum absolute atomic E-state index is 0.209. The molecule has 0 saturated heterocycles. The first-order valence-corrected chi connectivity index (χ1v) is 4.44. The van der Waals surface area contributed by atoms with E-state index in [-0.39, 0.29) is 5.54 Å². The highest BCUT2D eigenvalue weighted by atomic mass is 15.0. The predicted molar refractivity (Wildman–Crippen MR) is 51.8 cm³/mol. The average Bonchev–Trinajstić information content (AvgIpc) is 1.56. The van der Waals surface area contributed by atoms with Crippen molar-refractivity contribution in [1.29, 1.82) is 0 Å². The fourth-order valence-electron chi connectivity index (χ4n) is 0.938. The highest BCUT2D eigenvalue weighted by Gasteiger charge is 2.32. The quantitative estimate of drug-likeness (QED) is 0.650. The zero-order chi connectivity index (χ0) is 9.28. The lowest BCUT2D eigenvalue weighted by atomic mass is 9.76. The molecule has 11 heavy (non-hydrogen) atoms. The molecule has 0 aromatic carbocycles. The fourth-order valence-corrected chi connectivity index (χ4v) is 0.938. The molecule has 1 N–H and O–H groups in total. The summed E-state index contributed by atoms with van der Waals surface area (Å²) >= 11 is 0. The smallest absolute Gasteiger partial charge is 0.0175 e. The van der Waals surface area contributed by atoms with Gasteiger partial charge in [0, 0.05) is 11.6 Å². The third-order valence-electron chi connectivity index (χ3n) is 2.52. The SMILES string of the molecule is CC(C)NC(C)(C)C(C)(C)C. The molecule has 0 aliphatic rings. The van der Waals surface area contributed by atoms with Gasteiger partial charge in [-0.2, -0.15) is 0 Å². The normalized spacial score (nSPS) is 14.2. The van der Waals surface area contributed by atoms with Gasteiger partial charge in [0.1, 0.15) is 0 Å². The Balaban J connectivity index is 4.22. The zero-order valence-electron chi connectivity index (χ0n) is 9.08. The van der Waals surface area contributed by atoms with Gasteiger partial charge >= 0.3 is 0 Å². The summed E-state index contributed by atoms with van der Waals surface area (Å²) in [4.78, 5) is 0. The highest BCUT2D eigenvalue weighted by molar-refractivity contribution is 4.90. The van der Waals surface area contributed by atoms with Crippen molar-refractivity contribution in [2.45, 2.75) is 60.0 Å². The van der Waals surface area contributed by atoms with Gasteiger partial charge in [-0.3, -0.25) is 0 Å². The van der Waals surface area contributed by atoms with E-state index in [1.54, 1.807) is 0 Å². The molecule has 0 heterocycles. The van der Waals surface area contributed by atoms with Crippen LogP contribution in [-0.2, 0) is 0 Å². The van der Waals surface area contributed by atoms with E-state index in [1.165, 1.54) is 0 Å². The monoisotopic (exact) mass is 157 g/mol. The van der Waals surface area contributed by atoms with Crippen molar-refractivity contribution < 1.29 is 0 Å². The van der Waals surface area contributed by atoms with E-state index in [0.717, 1.165) is 0 Å². The van der Waals surface area contributed by atoms with E-state index in [2.05, 4.69) is 53.8 Å². The van der Waals surface area contributed by atoms with Gasteiger partial charge in [-0.25, -0.2) is 0 Å². The summed E-state index contributed by atoms with van der Waals surface area (Å²) in [6, 6.07) is 0.559. The molecule has 0 spiro atoms. The Labute approximate surface area is 71.6 Å². The first-order chi connectivity index (χ1) is 4.67. The third-order valence-corrected chi connectivity index (χ3v) is 2.52. The largest absolute Gasteiger partial charge is 0.309 e. The van der Waals surface area contributed by atoms with Gasteiger partial charge in [0.25, 0.3) is 0 Å². The molecule has 1 heteroatoms. The molecule has 0 saturated carbocycles. The molecule has 0 radical (unpaired) electrons. The summed E-state index contributed by atoms with van der Waals surface area (Å²) in [5.74, 6) is 0. The van der Waals surface area contributed by atoms with Crippen LogP contribution in [0.2, 0.25) is 0 Å². The third kappa shape index (κ3) is 3.24. The maximum atomic E-state index is 3.56. The van der Waals surface area contributed by atoms with E-state index in [9.17, 15) is 0 Å². The van der Waals surface area contributed by atoms with Crippen LogP contribution < -0.4 is 5.32 Å². The Hall–Kier alpha value is -0.0400. The van der Waals surface area contributed by atoms with Crippen LogP contribution in [0, 0.1) is 5.41 Å². The van der Waals surface area contributed by atoms with Crippen molar-refractivity contribution in [3.05, 3.63) is 0 Å². The summed E-state index contributed by atoms with van der Waals surface area (Å²) in [5.41, 5.74) is 0.526. The molecule has 0 aliphatic carbocycles. The predicted octanol–water partition coefficient (Wildman–Crippen LogP) is 2.81. The van der Waals surface area contributed by atoms with E-state index >= 15 is 0 Å².